The number of furan rings is 1. The molecule has 4 rings (SSSR count). The summed E-state index contributed by atoms with van der Waals surface area (Å²) in [7, 11) is -4.50. The van der Waals surface area contributed by atoms with E-state index >= 15 is 0 Å². The molecule has 1 aromatic heterocycles. The van der Waals surface area contributed by atoms with E-state index in [2.05, 4.69) is 0 Å². The minimum Gasteiger partial charge on any atom is -0.467 e. The van der Waals surface area contributed by atoms with Crippen molar-refractivity contribution in [2.45, 2.75) is 31.1 Å². The summed E-state index contributed by atoms with van der Waals surface area (Å²) in [5.41, 5.74) is 1.10. The highest BCUT2D eigenvalue weighted by molar-refractivity contribution is 7.87. The first-order chi connectivity index (χ1) is 17.5. The number of hydrogen-bond acceptors (Lipinski definition) is 5. The molecule has 37 heavy (non-hydrogen) atoms. The average molecular weight is 530 g/mol. The van der Waals surface area contributed by atoms with Gasteiger partial charge in [-0.25, -0.2) is 0 Å². The molecule has 0 N–H and O–H groups in total. The third-order valence-electron chi connectivity index (χ3n) is 5.47. The number of alkyl halides is 3. The highest BCUT2D eigenvalue weighted by Crippen LogP contribution is 2.31. The minimum atomic E-state index is -4.69. The van der Waals surface area contributed by atoms with E-state index in [1.54, 1.807) is 41.3 Å². The van der Waals surface area contributed by atoms with E-state index in [9.17, 15) is 26.4 Å². The lowest BCUT2D eigenvalue weighted by Gasteiger charge is -2.22. The molecule has 0 bridgehead atoms. The lowest BCUT2D eigenvalue weighted by atomic mass is 10.1. The molecule has 0 saturated heterocycles. The standard InChI is InChI=1S/C27H22F3NO5S/c1-19-7-11-21(12-8-19)26(32)31(18-24-5-3-15-35-24)17-20-9-13-23(14-10-20)36-37(33,34)25-6-2-4-22(16-25)27(28,29)30/h2-16H,17-18H2,1H3. The van der Waals surface area contributed by atoms with Gasteiger partial charge in [-0.3, -0.25) is 4.79 Å². The summed E-state index contributed by atoms with van der Waals surface area (Å²) in [5.74, 6) is 0.292. The molecular formula is C27H22F3NO5S. The van der Waals surface area contributed by atoms with Gasteiger partial charge in [0.25, 0.3) is 5.91 Å². The fourth-order valence-corrected chi connectivity index (χ4v) is 4.52. The van der Waals surface area contributed by atoms with Crippen LogP contribution >= 0.6 is 0 Å². The van der Waals surface area contributed by atoms with E-state index < -0.39 is 26.8 Å². The van der Waals surface area contributed by atoms with Gasteiger partial charge in [-0.1, -0.05) is 35.9 Å². The van der Waals surface area contributed by atoms with Gasteiger partial charge in [0.1, 0.15) is 16.4 Å². The Hall–Kier alpha value is -4.05. The van der Waals surface area contributed by atoms with Crippen molar-refractivity contribution in [1.82, 2.24) is 4.90 Å². The molecule has 0 aliphatic rings. The van der Waals surface area contributed by atoms with Crippen LogP contribution in [0.3, 0.4) is 0 Å². The number of hydrogen-bond donors (Lipinski definition) is 0. The zero-order valence-corrected chi connectivity index (χ0v) is 20.4. The number of carbonyl (C=O) groups is 1. The molecule has 0 atom stereocenters. The van der Waals surface area contributed by atoms with E-state index in [1.165, 1.54) is 18.4 Å². The van der Waals surface area contributed by atoms with Gasteiger partial charge in [0.2, 0.25) is 0 Å². The van der Waals surface area contributed by atoms with Crippen LogP contribution in [0.25, 0.3) is 0 Å². The van der Waals surface area contributed by atoms with Crippen LogP contribution in [0.4, 0.5) is 13.2 Å². The van der Waals surface area contributed by atoms with Crippen molar-refractivity contribution in [2.24, 2.45) is 0 Å². The molecule has 1 amide bonds. The Morgan fingerprint density at radius 1 is 0.919 bits per heavy atom. The lowest BCUT2D eigenvalue weighted by molar-refractivity contribution is -0.137. The van der Waals surface area contributed by atoms with Gasteiger partial charge in [0.05, 0.1) is 18.4 Å². The van der Waals surface area contributed by atoms with Crippen LogP contribution in [0.5, 0.6) is 5.75 Å². The number of halogens is 3. The van der Waals surface area contributed by atoms with Crippen LogP contribution in [-0.2, 0) is 29.4 Å². The summed E-state index contributed by atoms with van der Waals surface area (Å²) in [6, 6.07) is 19.9. The van der Waals surface area contributed by atoms with Crippen molar-refractivity contribution in [3.05, 3.63) is 119 Å². The fourth-order valence-electron chi connectivity index (χ4n) is 3.54. The Balaban J connectivity index is 1.51. The van der Waals surface area contributed by atoms with Gasteiger partial charge in [-0.05, 0) is 67.1 Å². The summed E-state index contributed by atoms with van der Waals surface area (Å²) in [6.45, 7) is 2.32. The maximum Gasteiger partial charge on any atom is 0.416 e. The molecule has 4 aromatic rings. The Morgan fingerprint density at radius 2 is 1.62 bits per heavy atom. The normalized spacial score (nSPS) is 11.8. The molecule has 10 heteroatoms. The number of benzene rings is 3. The number of carbonyl (C=O) groups excluding carboxylic acids is 1. The topological polar surface area (TPSA) is 76.8 Å². The zero-order valence-electron chi connectivity index (χ0n) is 19.6. The maximum atomic E-state index is 13.2. The summed E-state index contributed by atoms with van der Waals surface area (Å²) in [6.07, 6.45) is -3.18. The van der Waals surface area contributed by atoms with E-state index in [1.807, 2.05) is 19.1 Å². The van der Waals surface area contributed by atoms with E-state index in [0.29, 0.717) is 23.0 Å². The molecule has 0 radical (unpaired) electrons. The summed E-state index contributed by atoms with van der Waals surface area (Å²) in [4.78, 5) is 14.2. The summed E-state index contributed by atoms with van der Waals surface area (Å²) in [5, 5.41) is 0. The largest absolute Gasteiger partial charge is 0.467 e. The predicted octanol–water partition coefficient (Wildman–Crippen LogP) is 6.22. The Labute approximate surface area is 212 Å². The summed E-state index contributed by atoms with van der Waals surface area (Å²) < 4.78 is 74.4. The van der Waals surface area contributed by atoms with Crippen LogP contribution < -0.4 is 4.18 Å². The molecule has 192 valence electrons. The van der Waals surface area contributed by atoms with Crippen LogP contribution in [0, 0.1) is 6.92 Å². The Morgan fingerprint density at radius 3 is 2.24 bits per heavy atom. The smallest absolute Gasteiger partial charge is 0.416 e. The van der Waals surface area contributed by atoms with Gasteiger partial charge in [-0.2, -0.15) is 21.6 Å². The van der Waals surface area contributed by atoms with E-state index in [0.717, 1.165) is 23.8 Å². The van der Waals surface area contributed by atoms with Crippen molar-refractivity contribution < 1.29 is 35.0 Å². The molecular weight excluding hydrogens is 507 g/mol. The highest BCUT2D eigenvalue weighted by atomic mass is 32.2. The van der Waals surface area contributed by atoms with E-state index in [4.69, 9.17) is 8.60 Å². The SMILES string of the molecule is Cc1ccc(C(=O)N(Cc2ccc(OS(=O)(=O)c3cccc(C(F)(F)F)c3)cc2)Cc2ccco2)cc1. The fraction of sp³-hybridized carbons (Fsp3) is 0.148. The first-order valence-corrected chi connectivity index (χ1v) is 12.5. The van der Waals surface area contributed by atoms with Gasteiger partial charge < -0.3 is 13.5 Å². The molecule has 0 spiro atoms. The van der Waals surface area contributed by atoms with Crippen molar-refractivity contribution in [2.75, 3.05) is 0 Å². The highest BCUT2D eigenvalue weighted by Gasteiger charge is 2.32. The molecule has 3 aromatic carbocycles. The molecule has 0 aliphatic heterocycles. The van der Waals surface area contributed by atoms with Gasteiger partial charge in [0.15, 0.2) is 0 Å². The van der Waals surface area contributed by atoms with Crippen molar-refractivity contribution in [3.8, 4) is 5.75 Å². The third kappa shape index (κ3) is 6.59. The summed E-state index contributed by atoms with van der Waals surface area (Å²) >= 11 is 0. The van der Waals surface area contributed by atoms with Gasteiger partial charge in [-0.15, -0.1) is 0 Å². The predicted molar refractivity (Wildman–Crippen MR) is 129 cm³/mol. The molecule has 1 heterocycles. The average Bonchev–Trinajstić information content (AvgIpc) is 3.37. The number of nitrogens with zero attached hydrogens (tertiary/aromatic N) is 1. The van der Waals surface area contributed by atoms with Crippen molar-refractivity contribution in [1.29, 1.82) is 0 Å². The Kier molecular flexibility index (Phi) is 7.40. The third-order valence-corrected chi connectivity index (χ3v) is 6.71. The van der Waals surface area contributed by atoms with Gasteiger partial charge >= 0.3 is 16.3 Å². The number of aryl methyl sites for hydroxylation is 1. The lowest BCUT2D eigenvalue weighted by Crippen LogP contribution is -2.30. The maximum absolute atomic E-state index is 13.2. The molecule has 0 aliphatic carbocycles. The van der Waals surface area contributed by atoms with E-state index in [-0.39, 0.29) is 24.7 Å². The molecule has 0 fully saturated rings. The number of rotatable bonds is 8. The monoisotopic (exact) mass is 529 g/mol. The van der Waals surface area contributed by atoms with Crippen molar-refractivity contribution in [3.63, 3.8) is 0 Å². The Bertz CT molecular complexity index is 1460. The second-order valence-corrected chi connectivity index (χ2v) is 9.86. The quantitative estimate of drug-likeness (QED) is 0.254. The van der Waals surface area contributed by atoms with Crippen LogP contribution in [-0.4, -0.2) is 19.2 Å². The minimum absolute atomic E-state index is 0.0800. The molecule has 0 unspecified atom stereocenters. The first-order valence-electron chi connectivity index (χ1n) is 11.1. The van der Waals surface area contributed by atoms with Gasteiger partial charge in [0, 0.05) is 12.1 Å². The molecule has 0 saturated carbocycles. The van der Waals surface area contributed by atoms with Crippen LogP contribution in [0.1, 0.15) is 32.8 Å². The number of amides is 1. The second kappa shape index (κ2) is 10.5. The van der Waals surface area contributed by atoms with Crippen LogP contribution in [0.2, 0.25) is 0 Å². The van der Waals surface area contributed by atoms with Crippen LogP contribution in [0.15, 0.2) is 101 Å². The first kappa shape index (κ1) is 26.0. The zero-order chi connectivity index (χ0) is 26.6. The second-order valence-electron chi connectivity index (χ2n) is 8.31. The van der Waals surface area contributed by atoms with Crippen molar-refractivity contribution >= 4 is 16.0 Å². The molecule has 6 nitrogen and oxygen atoms in total.